The number of carbonyl (C=O) groups excluding carboxylic acids is 1. The number of para-hydroxylation sites is 1. The van der Waals surface area contributed by atoms with E-state index in [1.807, 2.05) is 49.4 Å². The third kappa shape index (κ3) is 6.31. The van der Waals surface area contributed by atoms with Crippen molar-refractivity contribution in [1.82, 2.24) is 20.1 Å². The molecule has 6 nitrogen and oxygen atoms in total. The van der Waals surface area contributed by atoms with Crippen LogP contribution in [0.1, 0.15) is 40.9 Å². The molecule has 3 aromatic carbocycles. The summed E-state index contributed by atoms with van der Waals surface area (Å²) in [7, 11) is 1.63. The summed E-state index contributed by atoms with van der Waals surface area (Å²) >= 11 is 1.63. The van der Waals surface area contributed by atoms with Gasteiger partial charge in [0.05, 0.1) is 19.6 Å². The molecule has 0 saturated heterocycles. The molecule has 1 aromatic heterocycles. The number of hydrogen-bond donors (Lipinski definition) is 1. The average molecular weight is 487 g/mol. The van der Waals surface area contributed by atoms with Crippen LogP contribution in [-0.2, 0) is 23.6 Å². The third-order valence-electron chi connectivity index (χ3n) is 5.81. The highest BCUT2D eigenvalue weighted by atomic mass is 32.2. The van der Waals surface area contributed by atoms with Gasteiger partial charge in [0, 0.05) is 17.9 Å². The molecule has 35 heavy (non-hydrogen) atoms. The van der Waals surface area contributed by atoms with Crippen molar-refractivity contribution >= 4 is 17.7 Å². The van der Waals surface area contributed by atoms with Crippen molar-refractivity contribution in [2.45, 2.75) is 43.8 Å². The number of methoxy groups -OCH3 is 1. The number of aryl methyl sites for hydroxylation is 1. The standard InChI is InChI=1S/C28H30N4O2S/c1-20-10-9-13-23(16-20)19-35-28-31-30-26(32(28)18-22-11-5-4-6-12-22)21(2)27(33)29-17-24-14-7-8-15-25(24)34-3/h4-16,21H,17-19H2,1-3H3,(H,29,33). The van der Waals surface area contributed by atoms with Crippen molar-refractivity contribution in [2.24, 2.45) is 0 Å². The summed E-state index contributed by atoms with van der Waals surface area (Å²) in [5, 5.41) is 12.8. The molecule has 1 unspecified atom stereocenters. The highest BCUT2D eigenvalue weighted by molar-refractivity contribution is 7.98. The molecule has 0 radical (unpaired) electrons. The molecule has 1 atom stereocenters. The number of amides is 1. The molecule has 0 fully saturated rings. The first-order valence-electron chi connectivity index (χ1n) is 11.6. The van der Waals surface area contributed by atoms with Gasteiger partial charge >= 0.3 is 0 Å². The van der Waals surface area contributed by atoms with E-state index in [4.69, 9.17) is 4.74 Å². The number of hydrogen-bond acceptors (Lipinski definition) is 5. The minimum Gasteiger partial charge on any atom is -0.496 e. The lowest BCUT2D eigenvalue weighted by Gasteiger charge is -2.16. The quantitative estimate of drug-likeness (QED) is 0.306. The van der Waals surface area contributed by atoms with Gasteiger partial charge in [0.25, 0.3) is 0 Å². The van der Waals surface area contributed by atoms with E-state index in [1.54, 1.807) is 18.9 Å². The Bertz CT molecular complexity index is 1270. The second-order valence-electron chi connectivity index (χ2n) is 8.44. The van der Waals surface area contributed by atoms with Crippen LogP contribution in [0.5, 0.6) is 5.75 Å². The number of nitrogens with one attached hydrogen (secondary N) is 1. The van der Waals surface area contributed by atoms with Gasteiger partial charge in [-0.05, 0) is 31.0 Å². The first kappa shape index (κ1) is 24.5. The average Bonchev–Trinajstić information content (AvgIpc) is 3.28. The molecule has 0 saturated carbocycles. The lowest BCUT2D eigenvalue weighted by Crippen LogP contribution is -2.29. The Labute approximate surface area is 210 Å². The Kier molecular flexibility index (Phi) is 8.21. The van der Waals surface area contributed by atoms with Crippen molar-refractivity contribution < 1.29 is 9.53 Å². The van der Waals surface area contributed by atoms with Crippen LogP contribution in [0.25, 0.3) is 0 Å². The molecule has 180 valence electrons. The van der Waals surface area contributed by atoms with E-state index in [0.717, 1.165) is 27.8 Å². The van der Waals surface area contributed by atoms with E-state index in [-0.39, 0.29) is 5.91 Å². The lowest BCUT2D eigenvalue weighted by molar-refractivity contribution is -0.122. The van der Waals surface area contributed by atoms with Gasteiger partial charge in [0.2, 0.25) is 5.91 Å². The molecule has 1 heterocycles. The number of aromatic nitrogens is 3. The maximum Gasteiger partial charge on any atom is 0.230 e. The molecule has 1 amide bonds. The van der Waals surface area contributed by atoms with Gasteiger partial charge in [-0.15, -0.1) is 10.2 Å². The first-order valence-corrected chi connectivity index (χ1v) is 12.6. The summed E-state index contributed by atoms with van der Waals surface area (Å²) in [4.78, 5) is 13.1. The summed E-state index contributed by atoms with van der Waals surface area (Å²) in [5.41, 5.74) is 4.52. The van der Waals surface area contributed by atoms with Gasteiger partial charge in [-0.2, -0.15) is 0 Å². The molecular formula is C28H30N4O2S. The Hall–Kier alpha value is -3.58. The van der Waals surface area contributed by atoms with Crippen LogP contribution in [0.3, 0.4) is 0 Å². The summed E-state index contributed by atoms with van der Waals surface area (Å²) in [6, 6.07) is 26.3. The van der Waals surface area contributed by atoms with Gasteiger partial charge in [0.15, 0.2) is 5.16 Å². The van der Waals surface area contributed by atoms with Crippen molar-refractivity contribution in [3.63, 3.8) is 0 Å². The monoisotopic (exact) mass is 486 g/mol. The lowest BCUT2D eigenvalue weighted by atomic mass is 10.1. The first-order chi connectivity index (χ1) is 17.0. The molecule has 0 aliphatic rings. The Morgan fingerprint density at radius 2 is 1.74 bits per heavy atom. The predicted molar refractivity (Wildman–Crippen MR) is 140 cm³/mol. The third-order valence-corrected chi connectivity index (χ3v) is 6.84. The van der Waals surface area contributed by atoms with Crippen LogP contribution >= 0.6 is 11.8 Å². The molecule has 0 spiro atoms. The van der Waals surface area contributed by atoms with E-state index < -0.39 is 5.92 Å². The van der Waals surface area contributed by atoms with Gasteiger partial charge < -0.3 is 14.6 Å². The normalized spacial score (nSPS) is 11.7. The van der Waals surface area contributed by atoms with E-state index in [9.17, 15) is 4.79 Å². The zero-order valence-corrected chi connectivity index (χ0v) is 21.1. The fourth-order valence-electron chi connectivity index (χ4n) is 3.89. The minimum atomic E-state index is -0.464. The predicted octanol–water partition coefficient (Wildman–Crippen LogP) is 5.36. The maximum absolute atomic E-state index is 13.1. The highest BCUT2D eigenvalue weighted by Gasteiger charge is 2.24. The number of nitrogens with zero attached hydrogens (tertiary/aromatic N) is 3. The molecule has 4 rings (SSSR count). The highest BCUT2D eigenvalue weighted by Crippen LogP contribution is 2.26. The summed E-state index contributed by atoms with van der Waals surface area (Å²) in [5.74, 6) is 1.62. The van der Waals surface area contributed by atoms with Crippen molar-refractivity contribution in [2.75, 3.05) is 7.11 Å². The van der Waals surface area contributed by atoms with Gasteiger partial charge in [0.1, 0.15) is 11.6 Å². The minimum absolute atomic E-state index is 0.104. The smallest absolute Gasteiger partial charge is 0.230 e. The number of carbonyl (C=O) groups is 1. The second kappa shape index (κ2) is 11.7. The fraction of sp³-hybridized carbons (Fsp3) is 0.250. The van der Waals surface area contributed by atoms with Gasteiger partial charge in [-0.25, -0.2) is 0 Å². The topological polar surface area (TPSA) is 69.0 Å². The zero-order valence-electron chi connectivity index (χ0n) is 20.3. The van der Waals surface area contributed by atoms with Crippen LogP contribution in [0.4, 0.5) is 0 Å². The Morgan fingerprint density at radius 1 is 1.00 bits per heavy atom. The number of rotatable bonds is 10. The summed E-state index contributed by atoms with van der Waals surface area (Å²) in [6.07, 6.45) is 0. The molecule has 0 bridgehead atoms. The second-order valence-corrected chi connectivity index (χ2v) is 9.38. The summed E-state index contributed by atoms with van der Waals surface area (Å²) in [6.45, 7) is 4.95. The maximum atomic E-state index is 13.1. The van der Waals surface area contributed by atoms with Crippen LogP contribution < -0.4 is 10.1 Å². The van der Waals surface area contributed by atoms with E-state index in [2.05, 4.69) is 63.4 Å². The summed E-state index contributed by atoms with van der Waals surface area (Å²) < 4.78 is 7.46. The molecule has 1 N–H and O–H groups in total. The number of thioether (sulfide) groups is 1. The Balaban J connectivity index is 1.53. The van der Waals surface area contributed by atoms with E-state index in [0.29, 0.717) is 18.9 Å². The van der Waals surface area contributed by atoms with Crippen molar-refractivity contribution in [1.29, 1.82) is 0 Å². The van der Waals surface area contributed by atoms with Crippen LogP contribution in [0.15, 0.2) is 84.0 Å². The van der Waals surface area contributed by atoms with E-state index in [1.165, 1.54) is 11.1 Å². The van der Waals surface area contributed by atoms with Crippen LogP contribution in [-0.4, -0.2) is 27.8 Å². The van der Waals surface area contributed by atoms with E-state index >= 15 is 0 Å². The SMILES string of the molecule is COc1ccccc1CNC(=O)C(C)c1nnc(SCc2cccc(C)c2)n1Cc1ccccc1. The zero-order chi connectivity index (χ0) is 24.6. The van der Waals surface area contributed by atoms with Crippen LogP contribution in [0, 0.1) is 6.92 Å². The molecular weight excluding hydrogens is 456 g/mol. The van der Waals surface area contributed by atoms with Crippen molar-refractivity contribution in [3.05, 3.63) is 107 Å². The molecule has 4 aromatic rings. The van der Waals surface area contributed by atoms with Crippen LogP contribution in [0.2, 0.25) is 0 Å². The molecule has 0 aliphatic carbocycles. The molecule has 7 heteroatoms. The molecule has 0 aliphatic heterocycles. The van der Waals surface area contributed by atoms with Gasteiger partial charge in [-0.1, -0.05) is 90.1 Å². The largest absolute Gasteiger partial charge is 0.496 e. The number of ether oxygens (including phenoxy) is 1. The fourth-order valence-corrected chi connectivity index (χ4v) is 4.78. The number of benzene rings is 3. The Morgan fingerprint density at radius 3 is 2.51 bits per heavy atom. The van der Waals surface area contributed by atoms with Gasteiger partial charge in [-0.3, -0.25) is 4.79 Å². The van der Waals surface area contributed by atoms with Crippen molar-refractivity contribution in [3.8, 4) is 5.75 Å².